The van der Waals surface area contributed by atoms with Gasteiger partial charge in [-0.3, -0.25) is 0 Å². The third-order valence-corrected chi connectivity index (χ3v) is 3.21. The van der Waals surface area contributed by atoms with Crippen molar-refractivity contribution in [3.63, 3.8) is 0 Å². The van der Waals surface area contributed by atoms with Crippen LogP contribution in [0.25, 0.3) is 0 Å². The second kappa shape index (κ2) is 7.28. The van der Waals surface area contributed by atoms with Crippen LogP contribution >= 0.6 is 0 Å². The molecule has 0 saturated carbocycles. The summed E-state index contributed by atoms with van der Waals surface area (Å²) < 4.78 is 0. The summed E-state index contributed by atoms with van der Waals surface area (Å²) in [5.41, 5.74) is 0. The summed E-state index contributed by atoms with van der Waals surface area (Å²) in [6, 6.07) is 0.709. The summed E-state index contributed by atoms with van der Waals surface area (Å²) in [5.74, 6) is 2.53. The average Bonchev–Trinajstić information content (AvgIpc) is 2.11. The highest BCUT2D eigenvalue weighted by Crippen LogP contribution is 2.25. The summed E-state index contributed by atoms with van der Waals surface area (Å²) in [5, 5.41) is 3.41. The standard InChI is InChI=1S/C13H29N/c1-7-13(14-6)9-12(11(4)5)8-10(2)3/h10-14H,7-9H2,1-6H3. The van der Waals surface area contributed by atoms with Crippen molar-refractivity contribution in [2.75, 3.05) is 7.05 Å². The number of rotatable bonds is 7. The van der Waals surface area contributed by atoms with Gasteiger partial charge in [0.1, 0.15) is 0 Å². The van der Waals surface area contributed by atoms with Gasteiger partial charge in [0.15, 0.2) is 0 Å². The van der Waals surface area contributed by atoms with Crippen LogP contribution in [0.4, 0.5) is 0 Å². The van der Waals surface area contributed by atoms with Crippen LogP contribution in [0.3, 0.4) is 0 Å². The van der Waals surface area contributed by atoms with Gasteiger partial charge in [0.05, 0.1) is 0 Å². The summed E-state index contributed by atoms with van der Waals surface area (Å²) in [7, 11) is 2.08. The Morgan fingerprint density at radius 2 is 1.57 bits per heavy atom. The van der Waals surface area contributed by atoms with Crippen LogP contribution in [0, 0.1) is 17.8 Å². The second-order valence-electron chi connectivity index (χ2n) is 5.26. The van der Waals surface area contributed by atoms with E-state index in [2.05, 4.69) is 47.0 Å². The van der Waals surface area contributed by atoms with E-state index in [9.17, 15) is 0 Å². The first kappa shape index (κ1) is 14.0. The van der Waals surface area contributed by atoms with Crippen molar-refractivity contribution in [1.82, 2.24) is 5.32 Å². The molecule has 0 aliphatic carbocycles. The number of nitrogens with one attached hydrogen (secondary N) is 1. The fourth-order valence-electron chi connectivity index (χ4n) is 2.10. The molecule has 86 valence electrons. The molecule has 0 saturated heterocycles. The Morgan fingerprint density at radius 3 is 1.86 bits per heavy atom. The van der Waals surface area contributed by atoms with Gasteiger partial charge in [0.25, 0.3) is 0 Å². The van der Waals surface area contributed by atoms with E-state index in [-0.39, 0.29) is 0 Å². The van der Waals surface area contributed by atoms with Gasteiger partial charge in [0.2, 0.25) is 0 Å². The highest BCUT2D eigenvalue weighted by Gasteiger charge is 2.18. The zero-order chi connectivity index (χ0) is 11.1. The maximum atomic E-state index is 3.41. The molecule has 1 nitrogen and oxygen atoms in total. The van der Waals surface area contributed by atoms with Gasteiger partial charge in [-0.25, -0.2) is 0 Å². The predicted molar refractivity (Wildman–Crippen MR) is 65.5 cm³/mol. The van der Waals surface area contributed by atoms with Gasteiger partial charge < -0.3 is 5.32 Å². The normalized spacial score (nSPS) is 16.3. The van der Waals surface area contributed by atoms with Gasteiger partial charge in [0, 0.05) is 6.04 Å². The minimum atomic E-state index is 0.709. The first-order chi connectivity index (χ1) is 6.51. The topological polar surface area (TPSA) is 12.0 Å². The molecule has 0 aliphatic heterocycles. The lowest BCUT2D eigenvalue weighted by Gasteiger charge is -2.27. The lowest BCUT2D eigenvalue weighted by Crippen LogP contribution is -2.29. The van der Waals surface area contributed by atoms with Crippen LogP contribution in [0.5, 0.6) is 0 Å². The third-order valence-electron chi connectivity index (χ3n) is 3.21. The van der Waals surface area contributed by atoms with Crippen LogP contribution < -0.4 is 5.32 Å². The van der Waals surface area contributed by atoms with Crippen LogP contribution in [-0.2, 0) is 0 Å². The summed E-state index contributed by atoms with van der Waals surface area (Å²) in [6.07, 6.45) is 3.95. The first-order valence-corrected chi connectivity index (χ1v) is 6.18. The molecular weight excluding hydrogens is 170 g/mol. The fraction of sp³-hybridized carbons (Fsp3) is 1.00. The van der Waals surface area contributed by atoms with Gasteiger partial charge in [-0.05, 0) is 44.1 Å². The quantitative estimate of drug-likeness (QED) is 0.659. The molecule has 0 spiro atoms. The van der Waals surface area contributed by atoms with E-state index in [1.807, 2.05) is 0 Å². The molecule has 0 bridgehead atoms. The minimum absolute atomic E-state index is 0.709. The highest BCUT2D eigenvalue weighted by atomic mass is 14.9. The molecule has 0 rings (SSSR count). The molecule has 0 amide bonds. The van der Waals surface area contributed by atoms with E-state index < -0.39 is 0 Å². The maximum absolute atomic E-state index is 3.41. The Kier molecular flexibility index (Phi) is 7.26. The summed E-state index contributed by atoms with van der Waals surface area (Å²) >= 11 is 0. The Labute approximate surface area is 90.7 Å². The largest absolute Gasteiger partial charge is 0.317 e. The Bertz CT molecular complexity index is 125. The smallest absolute Gasteiger partial charge is 0.00641 e. The van der Waals surface area contributed by atoms with Crippen LogP contribution in [0.1, 0.15) is 53.9 Å². The molecule has 0 aromatic carbocycles. The molecule has 2 atom stereocenters. The molecule has 0 aromatic rings. The Hall–Kier alpha value is -0.0400. The fourth-order valence-corrected chi connectivity index (χ4v) is 2.10. The highest BCUT2D eigenvalue weighted by molar-refractivity contribution is 4.72. The van der Waals surface area contributed by atoms with Crippen molar-refractivity contribution in [2.45, 2.75) is 59.9 Å². The third kappa shape index (κ3) is 5.64. The van der Waals surface area contributed by atoms with Gasteiger partial charge in [-0.2, -0.15) is 0 Å². The molecule has 14 heavy (non-hydrogen) atoms. The van der Waals surface area contributed by atoms with E-state index >= 15 is 0 Å². The zero-order valence-electron chi connectivity index (χ0n) is 10.9. The van der Waals surface area contributed by atoms with Crippen molar-refractivity contribution in [3.05, 3.63) is 0 Å². The van der Waals surface area contributed by atoms with Gasteiger partial charge in [-0.1, -0.05) is 34.6 Å². The maximum Gasteiger partial charge on any atom is 0.00641 e. The molecule has 0 aromatic heterocycles. The first-order valence-electron chi connectivity index (χ1n) is 6.18. The SMILES string of the molecule is CCC(CC(CC(C)C)C(C)C)NC. The summed E-state index contributed by atoms with van der Waals surface area (Å²) in [4.78, 5) is 0. The van der Waals surface area contributed by atoms with Gasteiger partial charge in [-0.15, -0.1) is 0 Å². The van der Waals surface area contributed by atoms with E-state index in [0.717, 1.165) is 17.8 Å². The van der Waals surface area contributed by atoms with Crippen LogP contribution in [0.2, 0.25) is 0 Å². The van der Waals surface area contributed by atoms with Crippen LogP contribution in [0.15, 0.2) is 0 Å². The molecular formula is C13H29N. The Morgan fingerprint density at radius 1 is 1.00 bits per heavy atom. The molecule has 0 fully saturated rings. The predicted octanol–water partition coefficient (Wildman–Crippen LogP) is 3.69. The van der Waals surface area contributed by atoms with Crippen molar-refractivity contribution in [1.29, 1.82) is 0 Å². The van der Waals surface area contributed by atoms with E-state index in [0.29, 0.717) is 6.04 Å². The van der Waals surface area contributed by atoms with E-state index in [4.69, 9.17) is 0 Å². The van der Waals surface area contributed by atoms with E-state index in [1.54, 1.807) is 0 Å². The van der Waals surface area contributed by atoms with Crippen molar-refractivity contribution >= 4 is 0 Å². The summed E-state index contributed by atoms with van der Waals surface area (Å²) in [6.45, 7) is 11.6. The molecule has 0 aliphatic rings. The number of hydrogen-bond donors (Lipinski definition) is 1. The molecule has 1 heteroatoms. The van der Waals surface area contributed by atoms with Crippen molar-refractivity contribution < 1.29 is 0 Å². The van der Waals surface area contributed by atoms with Crippen molar-refractivity contribution in [2.24, 2.45) is 17.8 Å². The van der Waals surface area contributed by atoms with Crippen LogP contribution in [-0.4, -0.2) is 13.1 Å². The monoisotopic (exact) mass is 199 g/mol. The number of hydrogen-bond acceptors (Lipinski definition) is 1. The van der Waals surface area contributed by atoms with Crippen molar-refractivity contribution in [3.8, 4) is 0 Å². The average molecular weight is 199 g/mol. The Balaban J connectivity index is 4.07. The van der Waals surface area contributed by atoms with E-state index in [1.165, 1.54) is 19.3 Å². The van der Waals surface area contributed by atoms with Gasteiger partial charge >= 0.3 is 0 Å². The molecule has 1 N–H and O–H groups in total. The molecule has 0 radical (unpaired) electrons. The molecule has 0 heterocycles. The lowest BCUT2D eigenvalue weighted by molar-refractivity contribution is 0.266. The second-order valence-corrected chi connectivity index (χ2v) is 5.26. The lowest BCUT2D eigenvalue weighted by atomic mass is 9.82. The minimum Gasteiger partial charge on any atom is -0.317 e. The molecule has 2 unspecified atom stereocenters. The zero-order valence-corrected chi connectivity index (χ0v) is 10.9.